The van der Waals surface area contributed by atoms with E-state index in [-0.39, 0.29) is 0 Å². The van der Waals surface area contributed by atoms with Gasteiger partial charge in [0.25, 0.3) is 0 Å². The number of nitrogens with zero attached hydrogens (tertiary/aromatic N) is 2. The molecule has 3 nitrogen and oxygen atoms in total. The van der Waals surface area contributed by atoms with Gasteiger partial charge in [0.15, 0.2) is 0 Å². The number of hydrogen-bond donors (Lipinski definition) is 1. The third-order valence-corrected chi connectivity index (χ3v) is 3.49. The van der Waals surface area contributed by atoms with Crippen LogP contribution in [0, 0.1) is 19.8 Å². The van der Waals surface area contributed by atoms with E-state index in [0.717, 1.165) is 35.9 Å². The summed E-state index contributed by atoms with van der Waals surface area (Å²) in [5.41, 5.74) is 1.99. The van der Waals surface area contributed by atoms with Crippen LogP contribution < -0.4 is 5.32 Å². The lowest BCUT2D eigenvalue weighted by Gasteiger charge is -2.15. The van der Waals surface area contributed by atoms with E-state index < -0.39 is 0 Å². The minimum atomic E-state index is 0.390. The number of halogens is 1. The van der Waals surface area contributed by atoms with E-state index in [4.69, 9.17) is 11.6 Å². The van der Waals surface area contributed by atoms with Crippen molar-refractivity contribution in [1.29, 1.82) is 0 Å². The minimum absolute atomic E-state index is 0.390. The summed E-state index contributed by atoms with van der Waals surface area (Å²) in [5, 5.41) is 8.73. The van der Waals surface area contributed by atoms with Gasteiger partial charge < -0.3 is 5.32 Å². The number of aryl methyl sites for hydroxylation is 1. The number of hydrogen-bond acceptors (Lipinski definition) is 2. The molecule has 0 saturated carbocycles. The molecule has 1 atom stereocenters. The molecule has 1 rings (SSSR count). The summed E-state index contributed by atoms with van der Waals surface area (Å²) in [6, 6.07) is 0.390. The molecule has 1 aromatic rings. The van der Waals surface area contributed by atoms with E-state index in [1.165, 1.54) is 0 Å². The summed E-state index contributed by atoms with van der Waals surface area (Å²) in [7, 11) is 0. The van der Waals surface area contributed by atoms with Gasteiger partial charge in [0, 0.05) is 0 Å². The first kappa shape index (κ1) is 14.5. The molecule has 0 aliphatic heterocycles. The molecule has 4 heteroatoms. The van der Waals surface area contributed by atoms with Gasteiger partial charge in [-0.15, -0.1) is 0 Å². The molecule has 0 aliphatic rings. The summed E-state index contributed by atoms with van der Waals surface area (Å²) in [6.07, 6.45) is 1.07. The molecule has 0 fully saturated rings. The SMILES string of the molecule is Cc1nn(C(C)CCNCC(C)C)c(C)c1Cl. The highest BCUT2D eigenvalue weighted by atomic mass is 35.5. The normalized spacial score (nSPS) is 13.4. The number of nitrogens with one attached hydrogen (secondary N) is 1. The molecular weight excluding hydrogens is 234 g/mol. The Morgan fingerprint density at radius 1 is 1.29 bits per heavy atom. The van der Waals surface area contributed by atoms with E-state index in [9.17, 15) is 0 Å². The lowest BCUT2D eigenvalue weighted by Crippen LogP contribution is -2.23. The fourth-order valence-electron chi connectivity index (χ4n) is 1.90. The largest absolute Gasteiger partial charge is 0.316 e. The lowest BCUT2D eigenvalue weighted by atomic mass is 10.2. The molecule has 1 N–H and O–H groups in total. The Balaban J connectivity index is 2.47. The first-order valence-electron chi connectivity index (χ1n) is 6.35. The van der Waals surface area contributed by atoms with E-state index in [1.807, 2.05) is 18.5 Å². The Bertz CT molecular complexity index is 358. The van der Waals surface area contributed by atoms with Gasteiger partial charge in [-0.05, 0) is 46.2 Å². The summed E-state index contributed by atoms with van der Waals surface area (Å²) in [5.74, 6) is 0.702. The highest BCUT2D eigenvalue weighted by Crippen LogP contribution is 2.23. The van der Waals surface area contributed by atoms with Crippen molar-refractivity contribution in [1.82, 2.24) is 15.1 Å². The van der Waals surface area contributed by atoms with Crippen LogP contribution >= 0.6 is 11.6 Å². The number of rotatable bonds is 6. The van der Waals surface area contributed by atoms with Crippen LogP contribution in [0.3, 0.4) is 0 Å². The zero-order chi connectivity index (χ0) is 13.0. The van der Waals surface area contributed by atoms with E-state index in [2.05, 4.69) is 31.2 Å². The van der Waals surface area contributed by atoms with Crippen molar-refractivity contribution in [3.63, 3.8) is 0 Å². The van der Waals surface area contributed by atoms with Crippen molar-refractivity contribution in [2.75, 3.05) is 13.1 Å². The molecule has 0 spiro atoms. The van der Waals surface area contributed by atoms with Crippen molar-refractivity contribution in [2.24, 2.45) is 5.92 Å². The van der Waals surface area contributed by atoms with Gasteiger partial charge in [0.1, 0.15) is 0 Å². The number of aromatic nitrogens is 2. The summed E-state index contributed by atoms with van der Waals surface area (Å²) in [4.78, 5) is 0. The molecule has 1 unspecified atom stereocenters. The Kier molecular flexibility index (Phi) is 5.47. The fourth-order valence-corrected chi connectivity index (χ4v) is 2.02. The van der Waals surface area contributed by atoms with Crippen LogP contribution in [0.5, 0.6) is 0 Å². The molecule has 0 saturated heterocycles. The Morgan fingerprint density at radius 3 is 2.41 bits per heavy atom. The van der Waals surface area contributed by atoms with Gasteiger partial charge in [0.05, 0.1) is 22.5 Å². The zero-order valence-electron chi connectivity index (χ0n) is 11.5. The van der Waals surface area contributed by atoms with Crippen molar-refractivity contribution in [3.05, 3.63) is 16.4 Å². The lowest BCUT2D eigenvalue weighted by molar-refractivity contribution is 0.425. The highest BCUT2D eigenvalue weighted by Gasteiger charge is 2.13. The smallest absolute Gasteiger partial charge is 0.0844 e. The topological polar surface area (TPSA) is 29.9 Å². The van der Waals surface area contributed by atoms with Gasteiger partial charge in [-0.25, -0.2) is 0 Å². The predicted molar refractivity (Wildman–Crippen MR) is 73.7 cm³/mol. The maximum Gasteiger partial charge on any atom is 0.0844 e. The molecule has 98 valence electrons. The van der Waals surface area contributed by atoms with Gasteiger partial charge in [-0.3, -0.25) is 4.68 Å². The average Bonchev–Trinajstić information content (AvgIpc) is 2.52. The first-order valence-corrected chi connectivity index (χ1v) is 6.73. The van der Waals surface area contributed by atoms with Crippen molar-refractivity contribution in [3.8, 4) is 0 Å². The van der Waals surface area contributed by atoms with Crippen molar-refractivity contribution < 1.29 is 0 Å². The van der Waals surface area contributed by atoms with E-state index in [0.29, 0.717) is 12.0 Å². The van der Waals surface area contributed by atoms with Crippen LogP contribution in [0.25, 0.3) is 0 Å². The standard InChI is InChI=1S/C13H24ClN3/c1-9(2)8-15-7-6-10(3)17-12(5)13(14)11(4)16-17/h9-10,15H,6-8H2,1-5H3. The molecule has 0 aromatic carbocycles. The quantitative estimate of drug-likeness (QED) is 0.792. The maximum atomic E-state index is 6.15. The molecule has 0 radical (unpaired) electrons. The first-order chi connectivity index (χ1) is 7.93. The summed E-state index contributed by atoms with van der Waals surface area (Å²) >= 11 is 6.15. The van der Waals surface area contributed by atoms with Crippen molar-refractivity contribution in [2.45, 2.75) is 47.1 Å². The second-order valence-electron chi connectivity index (χ2n) is 5.17. The molecular formula is C13H24ClN3. The second-order valence-corrected chi connectivity index (χ2v) is 5.54. The summed E-state index contributed by atoms with van der Waals surface area (Å²) in [6.45, 7) is 12.7. The van der Waals surface area contributed by atoms with Gasteiger partial charge >= 0.3 is 0 Å². The monoisotopic (exact) mass is 257 g/mol. The summed E-state index contributed by atoms with van der Waals surface area (Å²) < 4.78 is 2.04. The van der Waals surface area contributed by atoms with Crippen LogP contribution in [0.15, 0.2) is 0 Å². The van der Waals surface area contributed by atoms with Crippen LogP contribution in [-0.4, -0.2) is 22.9 Å². The third-order valence-electron chi connectivity index (χ3n) is 2.95. The third kappa shape index (κ3) is 4.00. The second kappa shape index (κ2) is 6.41. The highest BCUT2D eigenvalue weighted by molar-refractivity contribution is 6.31. The van der Waals surface area contributed by atoms with Crippen LogP contribution in [0.1, 0.15) is 44.6 Å². The fraction of sp³-hybridized carbons (Fsp3) is 0.769. The molecule has 0 aliphatic carbocycles. The van der Waals surface area contributed by atoms with Crippen LogP contribution in [0.2, 0.25) is 5.02 Å². The Labute approximate surface area is 110 Å². The predicted octanol–water partition coefficient (Wildman–Crippen LogP) is 3.35. The Morgan fingerprint density at radius 2 is 1.94 bits per heavy atom. The van der Waals surface area contributed by atoms with Gasteiger partial charge in [-0.1, -0.05) is 25.4 Å². The molecule has 17 heavy (non-hydrogen) atoms. The average molecular weight is 258 g/mol. The molecule has 1 heterocycles. The van der Waals surface area contributed by atoms with E-state index in [1.54, 1.807) is 0 Å². The maximum absolute atomic E-state index is 6.15. The molecule has 0 amide bonds. The minimum Gasteiger partial charge on any atom is -0.316 e. The van der Waals surface area contributed by atoms with E-state index >= 15 is 0 Å². The molecule has 1 aromatic heterocycles. The van der Waals surface area contributed by atoms with Crippen molar-refractivity contribution >= 4 is 11.6 Å². The van der Waals surface area contributed by atoms with Crippen LogP contribution in [0.4, 0.5) is 0 Å². The van der Waals surface area contributed by atoms with Gasteiger partial charge in [-0.2, -0.15) is 5.10 Å². The van der Waals surface area contributed by atoms with Gasteiger partial charge in [0.2, 0.25) is 0 Å². The molecule has 0 bridgehead atoms. The van der Waals surface area contributed by atoms with Crippen LogP contribution in [-0.2, 0) is 0 Å². The zero-order valence-corrected chi connectivity index (χ0v) is 12.3. The Hall–Kier alpha value is -0.540.